The summed E-state index contributed by atoms with van der Waals surface area (Å²) in [7, 11) is 0. The summed E-state index contributed by atoms with van der Waals surface area (Å²) in [5.74, 6) is -0.869. The fourth-order valence-electron chi connectivity index (χ4n) is 2.13. The summed E-state index contributed by atoms with van der Waals surface area (Å²) < 4.78 is 0. The van der Waals surface area contributed by atoms with Crippen LogP contribution in [-0.2, 0) is 4.79 Å². The van der Waals surface area contributed by atoms with Crippen LogP contribution in [0.1, 0.15) is 45.4 Å². The topological polar surface area (TPSA) is 98.7 Å². The second kappa shape index (κ2) is 7.20. The van der Waals surface area contributed by atoms with Crippen LogP contribution in [0.2, 0.25) is 0 Å². The van der Waals surface area contributed by atoms with E-state index in [9.17, 15) is 14.7 Å². The Hall–Kier alpha value is -1.30. The molecule has 1 fully saturated rings. The molecule has 0 aromatic carbocycles. The van der Waals surface area contributed by atoms with E-state index in [4.69, 9.17) is 5.11 Å². The van der Waals surface area contributed by atoms with E-state index in [2.05, 4.69) is 10.6 Å². The molecule has 0 aliphatic heterocycles. The fraction of sp³-hybridized carbons (Fsp3) is 0.833. The third kappa shape index (κ3) is 5.35. The molecule has 6 heteroatoms. The van der Waals surface area contributed by atoms with Crippen LogP contribution >= 0.6 is 0 Å². The average Bonchev–Trinajstić information content (AvgIpc) is 2.29. The highest BCUT2D eigenvalue weighted by Gasteiger charge is 2.24. The van der Waals surface area contributed by atoms with E-state index in [1.807, 2.05) is 0 Å². The molecule has 0 aromatic heterocycles. The van der Waals surface area contributed by atoms with E-state index < -0.39 is 12.1 Å². The zero-order chi connectivity index (χ0) is 13.5. The first-order valence-electron chi connectivity index (χ1n) is 6.46. The van der Waals surface area contributed by atoms with E-state index in [0.717, 1.165) is 25.7 Å². The van der Waals surface area contributed by atoms with Gasteiger partial charge in [0, 0.05) is 12.5 Å². The lowest BCUT2D eigenvalue weighted by atomic mass is 9.93. The lowest BCUT2D eigenvalue weighted by Gasteiger charge is -2.28. The molecule has 1 aliphatic carbocycles. The maximum atomic E-state index is 11.6. The first kappa shape index (κ1) is 14.8. The first-order valence-corrected chi connectivity index (χ1v) is 6.46. The fourth-order valence-corrected chi connectivity index (χ4v) is 2.13. The van der Waals surface area contributed by atoms with Gasteiger partial charge < -0.3 is 20.8 Å². The summed E-state index contributed by atoms with van der Waals surface area (Å²) in [6.07, 6.45) is 3.48. The number of rotatable bonds is 5. The van der Waals surface area contributed by atoms with Crippen molar-refractivity contribution in [1.82, 2.24) is 10.6 Å². The average molecular weight is 258 g/mol. The number of carboxylic acids is 1. The van der Waals surface area contributed by atoms with Crippen molar-refractivity contribution in [3.05, 3.63) is 0 Å². The number of amides is 2. The SMILES string of the molecule is CC(CCC(=O)O)NC(=O)NC1CCCCC1O. The molecule has 0 bridgehead atoms. The number of urea groups is 1. The Labute approximate surface area is 107 Å². The molecule has 6 nitrogen and oxygen atoms in total. The molecule has 18 heavy (non-hydrogen) atoms. The lowest BCUT2D eigenvalue weighted by Crippen LogP contribution is -2.50. The Balaban J connectivity index is 2.25. The summed E-state index contributed by atoms with van der Waals surface area (Å²) in [6.45, 7) is 1.76. The third-order valence-electron chi connectivity index (χ3n) is 3.21. The van der Waals surface area contributed by atoms with Crippen LogP contribution in [0.15, 0.2) is 0 Å². The predicted molar refractivity (Wildman–Crippen MR) is 66.3 cm³/mol. The molecule has 2 amide bonds. The Kier molecular flexibility index (Phi) is 5.91. The summed E-state index contributed by atoms with van der Waals surface area (Å²) >= 11 is 0. The summed E-state index contributed by atoms with van der Waals surface area (Å²) in [6, 6.07) is -0.717. The quantitative estimate of drug-likeness (QED) is 0.587. The molecule has 0 spiro atoms. The number of aliphatic carboxylic acids is 1. The van der Waals surface area contributed by atoms with Gasteiger partial charge in [-0.3, -0.25) is 4.79 Å². The summed E-state index contributed by atoms with van der Waals surface area (Å²) in [4.78, 5) is 22.0. The van der Waals surface area contributed by atoms with Crippen LogP contribution in [0.25, 0.3) is 0 Å². The van der Waals surface area contributed by atoms with Crippen LogP contribution in [0, 0.1) is 0 Å². The van der Waals surface area contributed by atoms with E-state index in [-0.39, 0.29) is 24.5 Å². The number of carbonyl (C=O) groups excluding carboxylic acids is 1. The normalized spacial score (nSPS) is 25.2. The number of hydrogen-bond acceptors (Lipinski definition) is 3. The van der Waals surface area contributed by atoms with Gasteiger partial charge in [-0.05, 0) is 26.2 Å². The van der Waals surface area contributed by atoms with Crippen molar-refractivity contribution >= 4 is 12.0 Å². The van der Waals surface area contributed by atoms with Gasteiger partial charge in [0.05, 0.1) is 12.1 Å². The molecule has 1 saturated carbocycles. The first-order chi connectivity index (χ1) is 8.49. The van der Waals surface area contributed by atoms with Gasteiger partial charge >= 0.3 is 12.0 Å². The zero-order valence-corrected chi connectivity index (χ0v) is 10.7. The van der Waals surface area contributed by atoms with Gasteiger partial charge in [-0.25, -0.2) is 4.79 Å². The minimum atomic E-state index is -0.869. The second-order valence-corrected chi connectivity index (χ2v) is 4.91. The second-order valence-electron chi connectivity index (χ2n) is 4.91. The molecular formula is C12H22N2O4. The van der Waals surface area contributed by atoms with Gasteiger partial charge in [-0.15, -0.1) is 0 Å². The Morgan fingerprint density at radius 1 is 1.33 bits per heavy atom. The molecule has 1 rings (SSSR count). The molecule has 0 saturated heterocycles. The highest BCUT2D eigenvalue weighted by molar-refractivity contribution is 5.74. The highest BCUT2D eigenvalue weighted by Crippen LogP contribution is 2.18. The Bertz CT molecular complexity index is 296. The molecule has 0 radical (unpaired) electrons. The van der Waals surface area contributed by atoms with E-state index in [1.54, 1.807) is 6.92 Å². The largest absolute Gasteiger partial charge is 0.481 e. The van der Waals surface area contributed by atoms with Crippen molar-refractivity contribution in [2.24, 2.45) is 0 Å². The molecule has 3 unspecified atom stereocenters. The van der Waals surface area contributed by atoms with Crippen LogP contribution in [-0.4, -0.2) is 40.4 Å². The van der Waals surface area contributed by atoms with Crippen molar-refractivity contribution < 1.29 is 19.8 Å². The monoisotopic (exact) mass is 258 g/mol. The van der Waals surface area contributed by atoms with E-state index in [0.29, 0.717) is 6.42 Å². The maximum absolute atomic E-state index is 11.6. The number of nitrogens with one attached hydrogen (secondary N) is 2. The van der Waals surface area contributed by atoms with E-state index in [1.165, 1.54) is 0 Å². The summed E-state index contributed by atoms with van der Waals surface area (Å²) in [5.41, 5.74) is 0. The van der Waals surface area contributed by atoms with Crippen molar-refractivity contribution in [1.29, 1.82) is 0 Å². The molecule has 0 aromatic rings. The minimum Gasteiger partial charge on any atom is -0.481 e. The van der Waals surface area contributed by atoms with Crippen LogP contribution in [0.5, 0.6) is 0 Å². The van der Waals surface area contributed by atoms with Crippen LogP contribution in [0.3, 0.4) is 0 Å². The molecular weight excluding hydrogens is 236 g/mol. The molecule has 0 heterocycles. The molecule has 3 atom stereocenters. The smallest absolute Gasteiger partial charge is 0.315 e. The number of hydrogen-bond donors (Lipinski definition) is 4. The van der Waals surface area contributed by atoms with Gasteiger partial charge in [-0.2, -0.15) is 0 Å². The van der Waals surface area contributed by atoms with Gasteiger partial charge in [0.2, 0.25) is 0 Å². The molecule has 104 valence electrons. The van der Waals surface area contributed by atoms with Crippen molar-refractivity contribution in [3.63, 3.8) is 0 Å². The molecule has 4 N–H and O–H groups in total. The van der Waals surface area contributed by atoms with Gasteiger partial charge in [-0.1, -0.05) is 12.8 Å². The Morgan fingerprint density at radius 3 is 2.61 bits per heavy atom. The minimum absolute atomic E-state index is 0.0352. The Morgan fingerprint density at radius 2 is 2.00 bits per heavy atom. The van der Waals surface area contributed by atoms with Crippen molar-refractivity contribution in [3.8, 4) is 0 Å². The van der Waals surface area contributed by atoms with Gasteiger partial charge in [0.25, 0.3) is 0 Å². The van der Waals surface area contributed by atoms with Crippen molar-refractivity contribution in [2.75, 3.05) is 0 Å². The predicted octanol–water partition coefficient (Wildman–Crippen LogP) is 0.842. The lowest BCUT2D eigenvalue weighted by molar-refractivity contribution is -0.137. The standard InChI is InChI=1S/C12H22N2O4/c1-8(6-7-11(16)17)13-12(18)14-9-4-2-3-5-10(9)15/h8-10,15H,2-7H2,1H3,(H,16,17)(H2,13,14,18). The number of carbonyl (C=O) groups is 2. The van der Waals surface area contributed by atoms with Crippen LogP contribution < -0.4 is 10.6 Å². The van der Waals surface area contributed by atoms with Gasteiger partial charge in [0.1, 0.15) is 0 Å². The number of aliphatic hydroxyl groups is 1. The molecule has 1 aliphatic rings. The van der Waals surface area contributed by atoms with Gasteiger partial charge in [0.15, 0.2) is 0 Å². The maximum Gasteiger partial charge on any atom is 0.315 e. The number of aliphatic hydroxyl groups excluding tert-OH is 1. The zero-order valence-electron chi connectivity index (χ0n) is 10.7. The third-order valence-corrected chi connectivity index (χ3v) is 3.21. The number of carboxylic acid groups (broad SMARTS) is 1. The summed E-state index contributed by atoms with van der Waals surface area (Å²) in [5, 5.41) is 23.7. The van der Waals surface area contributed by atoms with E-state index >= 15 is 0 Å². The van der Waals surface area contributed by atoms with Crippen LogP contribution in [0.4, 0.5) is 4.79 Å². The van der Waals surface area contributed by atoms with Crippen molar-refractivity contribution in [2.45, 2.75) is 63.6 Å². The highest BCUT2D eigenvalue weighted by atomic mass is 16.4.